The van der Waals surface area contributed by atoms with Gasteiger partial charge in [0.1, 0.15) is 11.5 Å². The fourth-order valence-corrected chi connectivity index (χ4v) is 4.91. The number of aromatic nitrogens is 1. The Morgan fingerprint density at radius 1 is 0.975 bits per heavy atom. The number of phenols is 1. The van der Waals surface area contributed by atoms with Crippen molar-refractivity contribution in [1.82, 2.24) is 14.8 Å². The molecule has 8 heteroatoms. The van der Waals surface area contributed by atoms with Crippen LogP contribution in [0, 0.1) is 6.92 Å². The number of amides is 2. The van der Waals surface area contributed by atoms with E-state index in [-0.39, 0.29) is 29.9 Å². The van der Waals surface area contributed by atoms with Crippen LogP contribution in [-0.2, 0) is 16.0 Å². The molecule has 2 amide bonds. The minimum atomic E-state index is -0.211. The van der Waals surface area contributed by atoms with Crippen molar-refractivity contribution in [3.63, 3.8) is 0 Å². The van der Waals surface area contributed by atoms with Crippen LogP contribution in [0.3, 0.4) is 0 Å². The molecule has 0 bridgehead atoms. The summed E-state index contributed by atoms with van der Waals surface area (Å²) in [4.78, 5) is 40.2. The van der Waals surface area contributed by atoms with E-state index in [0.717, 1.165) is 57.1 Å². The average molecular weight is 550 g/mol. The van der Waals surface area contributed by atoms with E-state index in [0.29, 0.717) is 40.9 Å². The highest BCUT2D eigenvalue weighted by molar-refractivity contribution is 6.05. The molecule has 0 saturated heterocycles. The van der Waals surface area contributed by atoms with E-state index in [9.17, 15) is 19.5 Å². The number of hydrogen-bond donors (Lipinski definition) is 2. The van der Waals surface area contributed by atoms with Crippen LogP contribution in [0.4, 0.5) is 0 Å². The summed E-state index contributed by atoms with van der Waals surface area (Å²) in [6, 6.07) is 11.8. The van der Waals surface area contributed by atoms with Crippen molar-refractivity contribution in [2.75, 3.05) is 27.2 Å². The Bertz CT molecular complexity index is 1300. The summed E-state index contributed by atoms with van der Waals surface area (Å²) in [6.45, 7) is 5.35. The van der Waals surface area contributed by atoms with Crippen LogP contribution in [0.2, 0.25) is 0 Å². The fraction of sp³-hybridized carbons (Fsp3) is 0.469. The van der Waals surface area contributed by atoms with Gasteiger partial charge in [0.25, 0.3) is 5.91 Å². The first-order valence-corrected chi connectivity index (χ1v) is 14.3. The highest BCUT2D eigenvalue weighted by atomic mass is 16.5. The van der Waals surface area contributed by atoms with E-state index in [1.54, 1.807) is 54.1 Å². The van der Waals surface area contributed by atoms with Crippen molar-refractivity contribution in [3.05, 3.63) is 59.3 Å². The Morgan fingerprint density at radius 3 is 2.38 bits per heavy atom. The van der Waals surface area contributed by atoms with E-state index in [1.165, 1.54) is 0 Å². The molecule has 0 atom stereocenters. The Labute approximate surface area is 237 Å². The molecule has 8 nitrogen and oxygen atoms in total. The van der Waals surface area contributed by atoms with Crippen molar-refractivity contribution in [2.24, 2.45) is 0 Å². The van der Waals surface area contributed by atoms with Crippen LogP contribution >= 0.6 is 0 Å². The molecular weight excluding hydrogens is 506 g/mol. The SMILES string of the molecule is CCCCN(C)C(=O)CCCCCCCNC(=O)Cc1c(C)n(C(=O)c2ccc(OC)cc2)c2ccc(O)cc12. The minimum absolute atomic E-state index is 0.0810. The number of phenolic OH excluding ortho intramolecular Hbond substituents is 1. The lowest BCUT2D eigenvalue weighted by Gasteiger charge is -2.16. The van der Waals surface area contributed by atoms with Gasteiger partial charge in [-0.15, -0.1) is 0 Å². The van der Waals surface area contributed by atoms with Gasteiger partial charge in [-0.2, -0.15) is 0 Å². The molecule has 0 aliphatic carbocycles. The summed E-state index contributed by atoms with van der Waals surface area (Å²) < 4.78 is 6.80. The summed E-state index contributed by atoms with van der Waals surface area (Å²) in [5, 5.41) is 13.8. The summed E-state index contributed by atoms with van der Waals surface area (Å²) in [5.41, 5.74) is 2.54. The lowest BCUT2D eigenvalue weighted by Crippen LogP contribution is -2.27. The fourth-order valence-electron chi connectivity index (χ4n) is 4.91. The maximum Gasteiger partial charge on any atom is 0.262 e. The Hall–Kier alpha value is -3.81. The highest BCUT2D eigenvalue weighted by Crippen LogP contribution is 2.30. The third-order valence-corrected chi connectivity index (χ3v) is 7.36. The molecule has 0 aliphatic rings. The van der Waals surface area contributed by atoms with Gasteiger partial charge in [0, 0.05) is 43.2 Å². The zero-order chi connectivity index (χ0) is 29.1. The highest BCUT2D eigenvalue weighted by Gasteiger charge is 2.22. The molecule has 0 fully saturated rings. The number of methoxy groups -OCH3 is 1. The predicted octanol–water partition coefficient (Wildman–Crippen LogP) is 5.61. The number of rotatable bonds is 15. The topological polar surface area (TPSA) is 101 Å². The van der Waals surface area contributed by atoms with Gasteiger partial charge in [0.15, 0.2) is 0 Å². The summed E-state index contributed by atoms with van der Waals surface area (Å²) in [5.74, 6) is 0.627. The zero-order valence-electron chi connectivity index (χ0n) is 24.3. The number of aromatic hydroxyl groups is 1. The van der Waals surface area contributed by atoms with Crippen LogP contribution in [0.25, 0.3) is 10.9 Å². The van der Waals surface area contributed by atoms with E-state index in [4.69, 9.17) is 4.74 Å². The summed E-state index contributed by atoms with van der Waals surface area (Å²) in [7, 11) is 3.45. The van der Waals surface area contributed by atoms with Gasteiger partial charge in [0.05, 0.1) is 19.0 Å². The van der Waals surface area contributed by atoms with Crippen molar-refractivity contribution >= 4 is 28.6 Å². The number of nitrogens with one attached hydrogen (secondary N) is 1. The van der Waals surface area contributed by atoms with Crippen molar-refractivity contribution in [1.29, 1.82) is 0 Å². The number of nitrogens with zero attached hydrogens (tertiary/aromatic N) is 2. The van der Waals surface area contributed by atoms with E-state index >= 15 is 0 Å². The summed E-state index contributed by atoms with van der Waals surface area (Å²) in [6.07, 6.45) is 7.63. The summed E-state index contributed by atoms with van der Waals surface area (Å²) >= 11 is 0. The largest absolute Gasteiger partial charge is 0.508 e. The number of carbonyl (C=O) groups excluding carboxylic acids is 3. The van der Waals surface area contributed by atoms with Gasteiger partial charge in [-0.25, -0.2) is 0 Å². The molecule has 2 N–H and O–H groups in total. The van der Waals surface area contributed by atoms with Crippen LogP contribution in [-0.4, -0.2) is 59.5 Å². The Morgan fingerprint density at radius 2 is 1.68 bits per heavy atom. The molecule has 3 aromatic rings. The molecule has 40 heavy (non-hydrogen) atoms. The van der Waals surface area contributed by atoms with Gasteiger partial charge in [0.2, 0.25) is 11.8 Å². The first-order chi connectivity index (χ1) is 19.3. The van der Waals surface area contributed by atoms with Gasteiger partial charge in [-0.3, -0.25) is 19.0 Å². The zero-order valence-corrected chi connectivity index (χ0v) is 24.3. The lowest BCUT2D eigenvalue weighted by atomic mass is 10.1. The Balaban J connectivity index is 1.52. The second kappa shape index (κ2) is 15.1. The maximum absolute atomic E-state index is 13.4. The van der Waals surface area contributed by atoms with Gasteiger partial charge in [-0.1, -0.05) is 32.6 Å². The van der Waals surface area contributed by atoms with Crippen molar-refractivity contribution in [3.8, 4) is 11.5 Å². The predicted molar refractivity (Wildman–Crippen MR) is 158 cm³/mol. The molecule has 3 rings (SSSR count). The number of fused-ring (bicyclic) bond motifs is 1. The maximum atomic E-state index is 13.4. The second-order valence-electron chi connectivity index (χ2n) is 10.3. The number of ether oxygens (including phenoxy) is 1. The standard InChI is InChI=1S/C32H43N3O5/c1-5-6-20-34(3)31(38)12-10-8-7-9-11-19-33-30(37)22-27-23(2)35(29-18-15-25(36)21-28(27)29)32(39)24-13-16-26(40-4)17-14-24/h13-18,21,36H,5-12,19-20,22H2,1-4H3,(H,33,37). The normalized spacial score (nSPS) is 11.0. The monoisotopic (exact) mass is 549 g/mol. The van der Waals surface area contributed by atoms with Crippen LogP contribution < -0.4 is 10.1 Å². The smallest absolute Gasteiger partial charge is 0.262 e. The van der Waals surface area contributed by atoms with Crippen molar-refractivity contribution < 1.29 is 24.2 Å². The number of hydrogen-bond acceptors (Lipinski definition) is 5. The molecule has 0 unspecified atom stereocenters. The first kappa shape index (κ1) is 30.7. The molecule has 1 heterocycles. The van der Waals surface area contributed by atoms with Crippen molar-refractivity contribution in [2.45, 2.75) is 71.6 Å². The Kier molecular flexibility index (Phi) is 11.6. The van der Waals surface area contributed by atoms with Gasteiger partial charge >= 0.3 is 0 Å². The molecule has 0 aliphatic heterocycles. The molecule has 0 radical (unpaired) electrons. The molecule has 0 saturated carbocycles. The second-order valence-corrected chi connectivity index (χ2v) is 10.3. The third-order valence-electron chi connectivity index (χ3n) is 7.36. The molecule has 0 spiro atoms. The molecule has 1 aromatic heterocycles. The number of carbonyl (C=O) groups is 3. The van der Waals surface area contributed by atoms with Crippen LogP contribution in [0.15, 0.2) is 42.5 Å². The average Bonchev–Trinajstić information content (AvgIpc) is 3.22. The molecule has 216 valence electrons. The minimum Gasteiger partial charge on any atom is -0.508 e. The van der Waals surface area contributed by atoms with Gasteiger partial charge < -0.3 is 20.1 Å². The molecule has 2 aromatic carbocycles. The van der Waals surface area contributed by atoms with Crippen LogP contribution in [0.1, 0.15) is 79.9 Å². The van der Waals surface area contributed by atoms with Gasteiger partial charge in [-0.05, 0) is 74.2 Å². The number of unbranched alkanes of at least 4 members (excludes halogenated alkanes) is 5. The quantitative estimate of drug-likeness (QED) is 0.240. The number of benzene rings is 2. The van der Waals surface area contributed by atoms with E-state index in [2.05, 4.69) is 12.2 Å². The first-order valence-electron chi connectivity index (χ1n) is 14.3. The van der Waals surface area contributed by atoms with E-state index < -0.39 is 0 Å². The lowest BCUT2D eigenvalue weighted by molar-refractivity contribution is -0.130. The van der Waals surface area contributed by atoms with Crippen LogP contribution in [0.5, 0.6) is 11.5 Å². The van der Waals surface area contributed by atoms with E-state index in [1.807, 2.05) is 18.9 Å². The molecular formula is C32H43N3O5. The third kappa shape index (κ3) is 8.10.